The van der Waals surface area contributed by atoms with Crippen molar-refractivity contribution in [2.24, 2.45) is 0 Å². The molecule has 1 aliphatic heterocycles. The van der Waals surface area contributed by atoms with E-state index in [-0.39, 0.29) is 6.04 Å². The maximum Gasteiger partial charge on any atom is 0.320 e. The summed E-state index contributed by atoms with van der Waals surface area (Å²) in [6.45, 7) is 1.49. The lowest BCUT2D eigenvalue weighted by molar-refractivity contribution is -0.144. The molecule has 16 heavy (non-hydrogen) atoms. The summed E-state index contributed by atoms with van der Waals surface area (Å²) in [4.78, 5) is 17.3. The zero-order chi connectivity index (χ0) is 11.4. The number of likely N-dealkylation sites (tertiary alicyclic amines) is 1. The van der Waals surface area contributed by atoms with Gasteiger partial charge in [-0.2, -0.15) is 0 Å². The zero-order valence-corrected chi connectivity index (χ0v) is 9.17. The van der Waals surface area contributed by atoms with Crippen molar-refractivity contribution < 1.29 is 9.90 Å². The van der Waals surface area contributed by atoms with Crippen LogP contribution in [0.2, 0.25) is 0 Å². The highest BCUT2D eigenvalue weighted by molar-refractivity contribution is 5.73. The fraction of sp³-hybridized carbons (Fsp3) is 0.500. The normalized spacial score (nSPS) is 21.9. The van der Waals surface area contributed by atoms with Gasteiger partial charge in [0.2, 0.25) is 0 Å². The Bertz CT molecular complexity index is 353. The molecule has 1 aromatic heterocycles. The summed E-state index contributed by atoms with van der Waals surface area (Å²) in [6, 6.07) is 5.40. The highest BCUT2D eigenvalue weighted by Gasteiger charge is 2.28. The van der Waals surface area contributed by atoms with Gasteiger partial charge < -0.3 is 5.11 Å². The van der Waals surface area contributed by atoms with E-state index in [0.717, 1.165) is 31.5 Å². The first kappa shape index (κ1) is 11.1. The van der Waals surface area contributed by atoms with Crippen LogP contribution in [0.5, 0.6) is 0 Å². The highest BCUT2D eigenvalue weighted by atomic mass is 16.4. The van der Waals surface area contributed by atoms with Crippen LogP contribution >= 0.6 is 0 Å². The van der Waals surface area contributed by atoms with Crippen LogP contribution in [-0.2, 0) is 11.3 Å². The minimum absolute atomic E-state index is 0.337. The lowest BCUT2D eigenvalue weighted by Crippen LogP contribution is -2.44. The molecule has 4 heteroatoms. The van der Waals surface area contributed by atoms with Crippen LogP contribution in [0.25, 0.3) is 0 Å². The van der Waals surface area contributed by atoms with Crippen molar-refractivity contribution >= 4 is 5.97 Å². The van der Waals surface area contributed by atoms with Crippen molar-refractivity contribution in [3.8, 4) is 0 Å². The molecular formula is C12H16N2O2. The minimum Gasteiger partial charge on any atom is -0.480 e. The van der Waals surface area contributed by atoms with E-state index in [1.807, 2.05) is 23.1 Å². The van der Waals surface area contributed by atoms with Gasteiger partial charge in [-0.05, 0) is 31.5 Å². The molecule has 0 radical (unpaired) electrons. The van der Waals surface area contributed by atoms with Crippen molar-refractivity contribution in [2.45, 2.75) is 31.8 Å². The van der Waals surface area contributed by atoms with Gasteiger partial charge in [0.1, 0.15) is 6.04 Å². The highest BCUT2D eigenvalue weighted by Crippen LogP contribution is 2.19. The molecule has 0 amide bonds. The summed E-state index contributed by atoms with van der Waals surface area (Å²) in [5.41, 5.74) is 0.940. The average Bonchev–Trinajstić information content (AvgIpc) is 2.31. The van der Waals surface area contributed by atoms with E-state index in [4.69, 9.17) is 5.11 Å². The minimum atomic E-state index is -0.712. The topological polar surface area (TPSA) is 53.4 Å². The third-order valence-corrected chi connectivity index (χ3v) is 2.99. The molecule has 2 rings (SSSR count). The Labute approximate surface area is 94.9 Å². The van der Waals surface area contributed by atoms with Gasteiger partial charge in [-0.3, -0.25) is 14.7 Å². The number of rotatable bonds is 3. The van der Waals surface area contributed by atoms with E-state index in [1.54, 1.807) is 6.20 Å². The summed E-state index contributed by atoms with van der Waals surface area (Å²) in [5, 5.41) is 9.12. The van der Waals surface area contributed by atoms with Gasteiger partial charge in [0, 0.05) is 12.7 Å². The quantitative estimate of drug-likeness (QED) is 0.839. The summed E-state index contributed by atoms with van der Waals surface area (Å²) < 4.78 is 0. The first-order chi connectivity index (χ1) is 7.77. The molecule has 0 saturated carbocycles. The van der Waals surface area contributed by atoms with E-state index in [1.165, 1.54) is 0 Å². The van der Waals surface area contributed by atoms with Crippen molar-refractivity contribution in [1.29, 1.82) is 0 Å². The number of hydrogen-bond acceptors (Lipinski definition) is 3. The molecule has 0 bridgehead atoms. The molecular weight excluding hydrogens is 204 g/mol. The average molecular weight is 220 g/mol. The predicted molar refractivity (Wildman–Crippen MR) is 59.9 cm³/mol. The third kappa shape index (κ3) is 2.58. The first-order valence-corrected chi connectivity index (χ1v) is 5.64. The second kappa shape index (κ2) is 5.07. The monoisotopic (exact) mass is 220 g/mol. The molecule has 1 saturated heterocycles. The van der Waals surface area contributed by atoms with E-state index in [2.05, 4.69) is 4.98 Å². The fourth-order valence-corrected chi connectivity index (χ4v) is 2.16. The summed E-state index contributed by atoms with van der Waals surface area (Å²) in [6.07, 6.45) is 4.59. The summed E-state index contributed by atoms with van der Waals surface area (Å²) in [5.74, 6) is -0.712. The number of aliphatic carboxylic acids is 1. The smallest absolute Gasteiger partial charge is 0.320 e. The van der Waals surface area contributed by atoms with Gasteiger partial charge >= 0.3 is 5.97 Å². The van der Waals surface area contributed by atoms with Crippen molar-refractivity contribution in [3.63, 3.8) is 0 Å². The Kier molecular flexibility index (Phi) is 3.51. The van der Waals surface area contributed by atoms with Crippen molar-refractivity contribution in [3.05, 3.63) is 30.1 Å². The summed E-state index contributed by atoms with van der Waals surface area (Å²) >= 11 is 0. The molecule has 0 aromatic carbocycles. The van der Waals surface area contributed by atoms with Gasteiger partial charge in [-0.25, -0.2) is 0 Å². The molecule has 1 fully saturated rings. The Hall–Kier alpha value is -1.42. The van der Waals surface area contributed by atoms with Gasteiger partial charge in [0.25, 0.3) is 0 Å². The first-order valence-electron chi connectivity index (χ1n) is 5.64. The largest absolute Gasteiger partial charge is 0.480 e. The van der Waals surface area contributed by atoms with E-state index >= 15 is 0 Å². The lowest BCUT2D eigenvalue weighted by Gasteiger charge is -2.32. The van der Waals surface area contributed by atoms with Crippen LogP contribution in [0.1, 0.15) is 25.0 Å². The Morgan fingerprint density at radius 3 is 3.06 bits per heavy atom. The standard InChI is InChI=1S/C12H16N2O2/c15-12(16)11-6-2-4-8-14(11)9-10-5-1-3-7-13-10/h1,3,5,7,11H,2,4,6,8-9H2,(H,15,16)/t11-/m1/s1. The van der Waals surface area contributed by atoms with Crippen LogP contribution in [0, 0.1) is 0 Å². The maximum atomic E-state index is 11.1. The number of nitrogens with zero attached hydrogens (tertiary/aromatic N) is 2. The van der Waals surface area contributed by atoms with Crippen LogP contribution < -0.4 is 0 Å². The Morgan fingerprint density at radius 1 is 1.50 bits per heavy atom. The van der Waals surface area contributed by atoms with Gasteiger partial charge in [0.15, 0.2) is 0 Å². The molecule has 1 atom stereocenters. The third-order valence-electron chi connectivity index (χ3n) is 2.99. The second-order valence-corrected chi connectivity index (χ2v) is 4.14. The van der Waals surface area contributed by atoms with E-state index < -0.39 is 5.97 Å². The number of carboxylic acids is 1. The van der Waals surface area contributed by atoms with Crippen molar-refractivity contribution in [1.82, 2.24) is 9.88 Å². The molecule has 86 valence electrons. The van der Waals surface area contributed by atoms with Crippen molar-refractivity contribution in [2.75, 3.05) is 6.54 Å². The Morgan fingerprint density at radius 2 is 2.38 bits per heavy atom. The second-order valence-electron chi connectivity index (χ2n) is 4.14. The Balaban J connectivity index is 2.04. The molecule has 1 N–H and O–H groups in total. The molecule has 4 nitrogen and oxygen atoms in total. The van der Waals surface area contributed by atoms with Gasteiger partial charge in [-0.15, -0.1) is 0 Å². The predicted octanol–water partition coefficient (Wildman–Crippen LogP) is 1.52. The molecule has 2 heterocycles. The molecule has 1 aromatic rings. The van der Waals surface area contributed by atoms with Crippen LogP contribution in [0.15, 0.2) is 24.4 Å². The summed E-state index contributed by atoms with van der Waals surface area (Å²) in [7, 11) is 0. The molecule has 0 aliphatic carbocycles. The number of carbonyl (C=O) groups is 1. The van der Waals surface area contributed by atoms with E-state index in [9.17, 15) is 4.79 Å². The van der Waals surface area contributed by atoms with Crippen LogP contribution in [-0.4, -0.2) is 33.5 Å². The van der Waals surface area contributed by atoms with Gasteiger partial charge in [0.05, 0.1) is 5.69 Å². The lowest BCUT2D eigenvalue weighted by atomic mass is 10.0. The number of piperidine rings is 1. The molecule has 0 spiro atoms. The maximum absolute atomic E-state index is 11.1. The number of pyridine rings is 1. The number of aromatic nitrogens is 1. The zero-order valence-electron chi connectivity index (χ0n) is 9.17. The van der Waals surface area contributed by atoms with Crippen LogP contribution in [0.3, 0.4) is 0 Å². The molecule has 0 unspecified atom stereocenters. The number of hydrogen-bond donors (Lipinski definition) is 1. The number of carboxylic acid groups (broad SMARTS) is 1. The van der Waals surface area contributed by atoms with Crippen LogP contribution in [0.4, 0.5) is 0 Å². The SMILES string of the molecule is O=C(O)[C@H]1CCCCN1Cc1ccccn1. The fourth-order valence-electron chi connectivity index (χ4n) is 2.16. The molecule has 1 aliphatic rings. The van der Waals surface area contributed by atoms with Gasteiger partial charge in [-0.1, -0.05) is 12.5 Å². The van der Waals surface area contributed by atoms with E-state index in [0.29, 0.717) is 6.54 Å².